The van der Waals surface area contributed by atoms with Gasteiger partial charge in [-0.1, -0.05) is 54.6 Å². The van der Waals surface area contributed by atoms with E-state index in [-0.39, 0.29) is 0 Å². The molecular formula is C25H26N4O. The molecule has 2 aromatic carbocycles. The van der Waals surface area contributed by atoms with Gasteiger partial charge in [0, 0.05) is 43.5 Å². The average molecular weight is 399 g/mol. The van der Waals surface area contributed by atoms with Gasteiger partial charge in [0.05, 0.1) is 19.4 Å². The second-order valence-electron chi connectivity index (χ2n) is 7.90. The molecule has 0 radical (unpaired) electrons. The summed E-state index contributed by atoms with van der Waals surface area (Å²) < 4.78 is 7.36. The van der Waals surface area contributed by atoms with Crippen LogP contribution in [-0.2, 0) is 11.2 Å². The first-order valence-electron chi connectivity index (χ1n) is 10.6. The van der Waals surface area contributed by atoms with Crippen molar-refractivity contribution in [3.05, 3.63) is 89.9 Å². The molecule has 1 atom stereocenters. The Morgan fingerprint density at radius 2 is 1.70 bits per heavy atom. The van der Waals surface area contributed by atoms with Gasteiger partial charge >= 0.3 is 0 Å². The van der Waals surface area contributed by atoms with Gasteiger partial charge in [0.15, 0.2) is 5.65 Å². The maximum atomic E-state index is 5.47. The summed E-state index contributed by atoms with van der Waals surface area (Å²) in [5.41, 5.74) is 6.87. The third-order valence-corrected chi connectivity index (χ3v) is 5.96. The Hall–Kier alpha value is -3.02. The van der Waals surface area contributed by atoms with Gasteiger partial charge in [-0.25, -0.2) is 9.50 Å². The van der Waals surface area contributed by atoms with Crippen LogP contribution in [0.1, 0.15) is 29.7 Å². The van der Waals surface area contributed by atoms with Gasteiger partial charge in [0.1, 0.15) is 0 Å². The van der Waals surface area contributed by atoms with Crippen molar-refractivity contribution in [2.24, 2.45) is 0 Å². The molecule has 30 heavy (non-hydrogen) atoms. The van der Waals surface area contributed by atoms with E-state index >= 15 is 0 Å². The molecule has 0 spiro atoms. The van der Waals surface area contributed by atoms with Gasteiger partial charge in [0.2, 0.25) is 0 Å². The van der Waals surface area contributed by atoms with Crippen LogP contribution in [0.3, 0.4) is 0 Å². The monoisotopic (exact) mass is 398 g/mol. The molecule has 0 aliphatic carbocycles. The number of ether oxygens (including phenoxy) is 1. The lowest BCUT2D eigenvalue weighted by molar-refractivity contribution is 0.0198. The highest BCUT2D eigenvalue weighted by molar-refractivity contribution is 5.76. The number of aromatic nitrogens is 3. The van der Waals surface area contributed by atoms with E-state index in [4.69, 9.17) is 9.72 Å². The highest BCUT2D eigenvalue weighted by atomic mass is 16.5. The van der Waals surface area contributed by atoms with Crippen molar-refractivity contribution in [1.82, 2.24) is 19.5 Å². The molecule has 3 heterocycles. The van der Waals surface area contributed by atoms with Crippen molar-refractivity contribution in [2.45, 2.75) is 19.4 Å². The van der Waals surface area contributed by atoms with Crippen molar-refractivity contribution in [1.29, 1.82) is 0 Å². The van der Waals surface area contributed by atoms with E-state index in [1.807, 2.05) is 35.1 Å². The first-order chi connectivity index (χ1) is 14.8. The van der Waals surface area contributed by atoms with E-state index in [9.17, 15) is 0 Å². The minimum atomic E-state index is 0.418. The van der Waals surface area contributed by atoms with Gasteiger partial charge in [-0.3, -0.25) is 4.90 Å². The molecule has 0 bridgehead atoms. The molecule has 1 unspecified atom stereocenters. The van der Waals surface area contributed by atoms with E-state index < -0.39 is 0 Å². The highest BCUT2D eigenvalue weighted by Gasteiger charge is 2.18. The standard InChI is InChI=1S/C25H26N4O/c1-19(28-11-13-30-14-12-28)22-9-7-20(8-10-22)15-21-16-26-25-24(17-27-29(25)18-21)23-5-3-2-4-6-23/h2-10,16-19H,11-15H2,1H3. The van der Waals surface area contributed by atoms with Gasteiger partial charge in [-0.2, -0.15) is 5.10 Å². The number of rotatable bonds is 5. The van der Waals surface area contributed by atoms with E-state index in [1.165, 1.54) is 11.1 Å². The summed E-state index contributed by atoms with van der Waals surface area (Å²) in [6.07, 6.45) is 6.78. The maximum Gasteiger partial charge on any atom is 0.162 e. The second kappa shape index (κ2) is 8.38. The highest BCUT2D eigenvalue weighted by Crippen LogP contribution is 2.24. The van der Waals surface area contributed by atoms with E-state index in [1.54, 1.807) is 0 Å². The normalized spacial score (nSPS) is 16.0. The van der Waals surface area contributed by atoms with E-state index in [2.05, 4.69) is 59.5 Å². The first kappa shape index (κ1) is 19.0. The zero-order valence-electron chi connectivity index (χ0n) is 17.2. The smallest absolute Gasteiger partial charge is 0.162 e. The van der Waals surface area contributed by atoms with Crippen LogP contribution >= 0.6 is 0 Å². The fraction of sp³-hybridized carbons (Fsp3) is 0.280. The third-order valence-electron chi connectivity index (χ3n) is 5.96. The lowest BCUT2D eigenvalue weighted by atomic mass is 10.0. The zero-order valence-corrected chi connectivity index (χ0v) is 17.2. The zero-order chi connectivity index (χ0) is 20.3. The minimum Gasteiger partial charge on any atom is -0.379 e. The van der Waals surface area contributed by atoms with E-state index in [0.29, 0.717) is 6.04 Å². The van der Waals surface area contributed by atoms with Crippen LogP contribution in [0.5, 0.6) is 0 Å². The summed E-state index contributed by atoms with van der Waals surface area (Å²) in [6.45, 7) is 5.95. The molecule has 1 aliphatic heterocycles. The van der Waals surface area contributed by atoms with Crippen LogP contribution in [-0.4, -0.2) is 45.8 Å². The molecule has 1 saturated heterocycles. The summed E-state index contributed by atoms with van der Waals surface area (Å²) in [5, 5.41) is 4.52. The van der Waals surface area contributed by atoms with Gasteiger partial charge < -0.3 is 4.74 Å². The summed E-state index contributed by atoms with van der Waals surface area (Å²) >= 11 is 0. The molecule has 0 N–H and O–H groups in total. The summed E-state index contributed by atoms with van der Waals surface area (Å²) in [4.78, 5) is 7.19. The Morgan fingerprint density at radius 3 is 2.47 bits per heavy atom. The molecule has 0 saturated carbocycles. The fourth-order valence-electron chi connectivity index (χ4n) is 4.15. The molecular weight excluding hydrogens is 372 g/mol. The van der Waals surface area contributed by atoms with Crippen molar-refractivity contribution < 1.29 is 4.74 Å². The largest absolute Gasteiger partial charge is 0.379 e. The SMILES string of the molecule is CC(c1ccc(Cc2cnc3c(-c4ccccc4)cnn3c2)cc1)N1CCOCC1. The van der Waals surface area contributed by atoms with Crippen LogP contribution in [0.4, 0.5) is 0 Å². The van der Waals surface area contributed by atoms with Crippen molar-refractivity contribution >= 4 is 5.65 Å². The number of hydrogen-bond donors (Lipinski definition) is 0. The van der Waals surface area contributed by atoms with Crippen LogP contribution in [0, 0.1) is 0 Å². The molecule has 2 aromatic heterocycles. The molecule has 4 aromatic rings. The van der Waals surface area contributed by atoms with Crippen molar-refractivity contribution in [2.75, 3.05) is 26.3 Å². The molecule has 5 nitrogen and oxygen atoms in total. The maximum absolute atomic E-state index is 5.47. The Morgan fingerprint density at radius 1 is 0.933 bits per heavy atom. The lowest BCUT2D eigenvalue weighted by Gasteiger charge is -2.32. The van der Waals surface area contributed by atoms with E-state index in [0.717, 1.165) is 55.1 Å². The molecule has 1 aliphatic rings. The number of nitrogens with zero attached hydrogens (tertiary/aromatic N) is 4. The average Bonchev–Trinajstić information content (AvgIpc) is 3.23. The van der Waals surface area contributed by atoms with Crippen molar-refractivity contribution in [3.8, 4) is 11.1 Å². The van der Waals surface area contributed by atoms with Crippen LogP contribution < -0.4 is 0 Å². The number of benzene rings is 2. The first-order valence-corrected chi connectivity index (χ1v) is 10.6. The molecule has 5 rings (SSSR count). The Kier molecular flexibility index (Phi) is 5.30. The van der Waals surface area contributed by atoms with Crippen LogP contribution in [0.25, 0.3) is 16.8 Å². The fourth-order valence-corrected chi connectivity index (χ4v) is 4.15. The molecule has 1 fully saturated rings. The van der Waals surface area contributed by atoms with Gasteiger partial charge in [0.25, 0.3) is 0 Å². The topological polar surface area (TPSA) is 42.7 Å². The lowest BCUT2D eigenvalue weighted by Crippen LogP contribution is -2.37. The third kappa shape index (κ3) is 3.86. The number of fused-ring (bicyclic) bond motifs is 1. The molecule has 5 heteroatoms. The number of hydrogen-bond acceptors (Lipinski definition) is 4. The van der Waals surface area contributed by atoms with Gasteiger partial charge in [-0.15, -0.1) is 0 Å². The Bertz CT molecular complexity index is 1120. The van der Waals surface area contributed by atoms with Gasteiger partial charge in [-0.05, 0) is 29.2 Å². The number of morpholine rings is 1. The summed E-state index contributed by atoms with van der Waals surface area (Å²) in [6, 6.07) is 19.7. The minimum absolute atomic E-state index is 0.418. The van der Waals surface area contributed by atoms with Crippen LogP contribution in [0.15, 0.2) is 73.2 Å². The predicted octanol–water partition coefficient (Wildman–Crippen LogP) is 4.38. The second-order valence-corrected chi connectivity index (χ2v) is 7.90. The Balaban J connectivity index is 1.32. The molecule has 152 valence electrons. The summed E-state index contributed by atoms with van der Waals surface area (Å²) in [7, 11) is 0. The summed E-state index contributed by atoms with van der Waals surface area (Å²) in [5.74, 6) is 0. The molecule has 0 amide bonds. The quantitative estimate of drug-likeness (QED) is 0.500. The Labute approximate surface area is 176 Å². The van der Waals surface area contributed by atoms with Crippen LogP contribution in [0.2, 0.25) is 0 Å². The van der Waals surface area contributed by atoms with Crippen molar-refractivity contribution in [3.63, 3.8) is 0 Å². The predicted molar refractivity (Wildman–Crippen MR) is 118 cm³/mol.